The third kappa shape index (κ3) is 2.95. The van der Waals surface area contributed by atoms with E-state index in [4.69, 9.17) is 4.74 Å². The zero-order valence-corrected chi connectivity index (χ0v) is 10.3. The molecule has 1 aliphatic rings. The minimum Gasteiger partial charge on any atom is -0.378 e. The molecule has 6 nitrogen and oxygen atoms in total. The molecule has 0 saturated carbocycles. The summed E-state index contributed by atoms with van der Waals surface area (Å²) in [6.07, 6.45) is 3.65. The van der Waals surface area contributed by atoms with Crippen LogP contribution in [-0.4, -0.2) is 29.2 Å². The second-order valence-electron chi connectivity index (χ2n) is 4.41. The number of rotatable bonds is 5. The molecule has 1 fully saturated rings. The lowest BCUT2D eigenvalue weighted by Gasteiger charge is -2.17. The van der Waals surface area contributed by atoms with Crippen molar-refractivity contribution in [3.63, 3.8) is 0 Å². The van der Waals surface area contributed by atoms with Gasteiger partial charge >= 0.3 is 0 Å². The average Bonchev–Trinajstić information content (AvgIpc) is 2.84. The van der Waals surface area contributed by atoms with E-state index in [2.05, 4.69) is 17.2 Å². The summed E-state index contributed by atoms with van der Waals surface area (Å²) < 4.78 is 5.60. The van der Waals surface area contributed by atoms with Gasteiger partial charge in [0.2, 0.25) is 0 Å². The van der Waals surface area contributed by atoms with Gasteiger partial charge in [-0.3, -0.25) is 10.1 Å². The molecule has 1 aromatic heterocycles. The lowest BCUT2D eigenvalue weighted by atomic mass is 10.00. The van der Waals surface area contributed by atoms with Crippen LogP contribution in [-0.2, 0) is 4.74 Å². The molecule has 6 heteroatoms. The second kappa shape index (κ2) is 5.77. The van der Waals surface area contributed by atoms with Gasteiger partial charge in [0.1, 0.15) is 12.0 Å². The lowest BCUT2D eigenvalue weighted by molar-refractivity contribution is -0.385. The molecule has 0 bridgehead atoms. The van der Waals surface area contributed by atoms with Crippen molar-refractivity contribution < 1.29 is 9.66 Å². The summed E-state index contributed by atoms with van der Waals surface area (Å²) >= 11 is 0. The number of nitrogens with zero attached hydrogens (tertiary/aromatic N) is 2. The van der Waals surface area contributed by atoms with Crippen LogP contribution in [0.3, 0.4) is 0 Å². The van der Waals surface area contributed by atoms with Gasteiger partial charge in [0.25, 0.3) is 5.69 Å². The molecule has 2 rings (SSSR count). The van der Waals surface area contributed by atoms with Gasteiger partial charge in [0.15, 0.2) is 0 Å². The zero-order chi connectivity index (χ0) is 13.0. The minimum atomic E-state index is -0.450. The van der Waals surface area contributed by atoms with Crippen molar-refractivity contribution >= 4 is 11.5 Å². The first-order chi connectivity index (χ1) is 8.70. The van der Waals surface area contributed by atoms with Gasteiger partial charge in [-0.25, -0.2) is 4.98 Å². The van der Waals surface area contributed by atoms with Crippen LogP contribution >= 0.6 is 0 Å². The van der Waals surface area contributed by atoms with E-state index < -0.39 is 4.92 Å². The van der Waals surface area contributed by atoms with Crippen molar-refractivity contribution in [3.8, 4) is 0 Å². The Hall–Kier alpha value is -1.69. The Morgan fingerprint density at radius 1 is 1.61 bits per heavy atom. The number of aromatic nitrogens is 1. The highest BCUT2D eigenvalue weighted by Gasteiger charge is 2.26. The maximum atomic E-state index is 10.5. The summed E-state index contributed by atoms with van der Waals surface area (Å²) in [5.74, 6) is 1.16. The molecule has 2 atom stereocenters. The van der Waals surface area contributed by atoms with Crippen LogP contribution in [0.2, 0.25) is 0 Å². The maximum Gasteiger partial charge on any atom is 0.287 e. The van der Waals surface area contributed by atoms with E-state index in [-0.39, 0.29) is 5.69 Å². The quantitative estimate of drug-likeness (QED) is 0.641. The SMILES string of the molecule is CCC1OCCC1CNc1ccc([N+](=O)[O-])cn1. The predicted octanol–water partition coefficient (Wildman–Crippen LogP) is 2.22. The summed E-state index contributed by atoms with van der Waals surface area (Å²) in [5.41, 5.74) is 0.0104. The highest BCUT2D eigenvalue weighted by molar-refractivity contribution is 5.40. The van der Waals surface area contributed by atoms with E-state index in [1.54, 1.807) is 6.07 Å². The first-order valence-corrected chi connectivity index (χ1v) is 6.16. The van der Waals surface area contributed by atoms with Gasteiger partial charge in [-0.1, -0.05) is 6.92 Å². The van der Waals surface area contributed by atoms with Gasteiger partial charge in [-0.2, -0.15) is 0 Å². The van der Waals surface area contributed by atoms with Gasteiger partial charge in [0, 0.05) is 25.1 Å². The first-order valence-electron chi connectivity index (χ1n) is 6.16. The van der Waals surface area contributed by atoms with Crippen molar-refractivity contribution in [1.82, 2.24) is 4.98 Å². The second-order valence-corrected chi connectivity index (χ2v) is 4.41. The topological polar surface area (TPSA) is 77.3 Å². The Morgan fingerprint density at radius 3 is 3.06 bits per heavy atom. The molecule has 0 radical (unpaired) electrons. The molecule has 1 aromatic rings. The van der Waals surface area contributed by atoms with E-state index >= 15 is 0 Å². The molecule has 98 valence electrons. The highest BCUT2D eigenvalue weighted by Crippen LogP contribution is 2.23. The van der Waals surface area contributed by atoms with Crippen molar-refractivity contribution in [3.05, 3.63) is 28.4 Å². The van der Waals surface area contributed by atoms with Crippen LogP contribution in [0.15, 0.2) is 18.3 Å². The minimum absolute atomic E-state index is 0.0104. The maximum absolute atomic E-state index is 10.5. The van der Waals surface area contributed by atoms with E-state index in [0.29, 0.717) is 17.8 Å². The van der Waals surface area contributed by atoms with Gasteiger partial charge in [0.05, 0.1) is 11.0 Å². The average molecular weight is 251 g/mol. The van der Waals surface area contributed by atoms with Crippen molar-refractivity contribution in [2.24, 2.45) is 5.92 Å². The Balaban J connectivity index is 1.88. The Bertz CT molecular complexity index is 408. The van der Waals surface area contributed by atoms with E-state index in [1.807, 2.05) is 0 Å². The normalized spacial score (nSPS) is 22.9. The molecule has 0 amide bonds. The van der Waals surface area contributed by atoms with Crippen LogP contribution in [0.25, 0.3) is 0 Å². The zero-order valence-electron chi connectivity index (χ0n) is 10.3. The van der Waals surface area contributed by atoms with Crippen LogP contribution in [0.4, 0.5) is 11.5 Å². The Labute approximate surface area is 106 Å². The van der Waals surface area contributed by atoms with Crippen LogP contribution in [0.1, 0.15) is 19.8 Å². The number of hydrogen-bond donors (Lipinski definition) is 1. The summed E-state index contributed by atoms with van der Waals surface area (Å²) in [5, 5.41) is 13.7. The third-order valence-corrected chi connectivity index (χ3v) is 3.25. The van der Waals surface area contributed by atoms with Crippen LogP contribution < -0.4 is 5.32 Å². The molecule has 1 aliphatic heterocycles. The van der Waals surface area contributed by atoms with Crippen molar-refractivity contribution in [2.75, 3.05) is 18.5 Å². The molecule has 1 saturated heterocycles. The largest absolute Gasteiger partial charge is 0.378 e. The molecule has 0 spiro atoms. The fourth-order valence-electron chi connectivity index (χ4n) is 2.21. The van der Waals surface area contributed by atoms with Crippen LogP contribution in [0, 0.1) is 16.0 Å². The fourth-order valence-corrected chi connectivity index (χ4v) is 2.21. The van der Waals surface area contributed by atoms with Gasteiger partial charge < -0.3 is 10.1 Å². The molecule has 18 heavy (non-hydrogen) atoms. The standard InChI is InChI=1S/C12H17N3O3/c1-2-11-9(5-6-18-11)7-13-12-4-3-10(8-14-12)15(16)17/h3-4,8-9,11H,2,5-7H2,1H3,(H,13,14). The summed E-state index contributed by atoms with van der Waals surface area (Å²) in [6.45, 7) is 3.73. The molecular weight excluding hydrogens is 234 g/mol. The molecule has 2 unspecified atom stereocenters. The third-order valence-electron chi connectivity index (χ3n) is 3.25. The smallest absolute Gasteiger partial charge is 0.287 e. The molecule has 1 N–H and O–H groups in total. The predicted molar refractivity (Wildman–Crippen MR) is 67.5 cm³/mol. The van der Waals surface area contributed by atoms with Gasteiger partial charge in [-0.15, -0.1) is 0 Å². The number of hydrogen-bond acceptors (Lipinski definition) is 5. The van der Waals surface area contributed by atoms with E-state index in [1.165, 1.54) is 12.3 Å². The Kier molecular flexibility index (Phi) is 4.09. The van der Waals surface area contributed by atoms with E-state index in [0.717, 1.165) is 26.0 Å². The fraction of sp³-hybridized carbons (Fsp3) is 0.583. The lowest BCUT2D eigenvalue weighted by Crippen LogP contribution is -2.23. The molecule has 0 aliphatic carbocycles. The van der Waals surface area contributed by atoms with E-state index in [9.17, 15) is 10.1 Å². The molecule has 0 aromatic carbocycles. The monoisotopic (exact) mass is 251 g/mol. The summed E-state index contributed by atoms with van der Waals surface area (Å²) in [7, 11) is 0. The number of nitro groups is 1. The number of nitrogens with one attached hydrogen (secondary N) is 1. The number of anilines is 1. The first kappa shape index (κ1) is 12.8. The molecule has 2 heterocycles. The molecular formula is C12H17N3O3. The number of pyridine rings is 1. The Morgan fingerprint density at radius 2 is 2.44 bits per heavy atom. The van der Waals surface area contributed by atoms with Crippen molar-refractivity contribution in [1.29, 1.82) is 0 Å². The van der Waals surface area contributed by atoms with Crippen molar-refractivity contribution in [2.45, 2.75) is 25.9 Å². The van der Waals surface area contributed by atoms with Gasteiger partial charge in [-0.05, 0) is 18.9 Å². The van der Waals surface area contributed by atoms with Crippen LogP contribution in [0.5, 0.6) is 0 Å². The number of ether oxygens (including phenoxy) is 1. The summed E-state index contributed by atoms with van der Waals surface area (Å²) in [6, 6.07) is 3.09. The highest BCUT2D eigenvalue weighted by atomic mass is 16.6. The summed E-state index contributed by atoms with van der Waals surface area (Å²) in [4.78, 5) is 14.1.